The summed E-state index contributed by atoms with van der Waals surface area (Å²) in [6, 6.07) is 3.86. The Balaban J connectivity index is 2.10. The molecule has 1 aromatic carbocycles. The summed E-state index contributed by atoms with van der Waals surface area (Å²) >= 11 is 3.44. The van der Waals surface area contributed by atoms with Gasteiger partial charge in [0.2, 0.25) is 0 Å². The molecule has 0 spiro atoms. The van der Waals surface area contributed by atoms with E-state index < -0.39 is 10.8 Å². The maximum Gasteiger partial charge on any atom is 0.123 e. The van der Waals surface area contributed by atoms with Crippen molar-refractivity contribution in [2.45, 2.75) is 13.5 Å². The van der Waals surface area contributed by atoms with Gasteiger partial charge in [0.05, 0.1) is 0 Å². The lowest BCUT2D eigenvalue weighted by molar-refractivity contribution is 0.286. The second kappa shape index (κ2) is 5.50. The van der Waals surface area contributed by atoms with Crippen LogP contribution in [0.4, 0.5) is 0 Å². The van der Waals surface area contributed by atoms with Crippen LogP contribution >= 0.6 is 15.9 Å². The maximum atomic E-state index is 11.3. The second-order valence-corrected chi connectivity index (χ2v) is 6.97. The summed E-state index contributed by atoms with van der Waals surface area (Å²) in [4.78, 5) is 2.24. The fourth-order valence-electron chi connectivity index (χ4n) is 2.00. The van der Waals surface area contributed by atoms with Gasteiger partial charge in [-0.25, -0.2) is 0 Å². The van der Waals surface area contributed by atoms with Crippen LogP contribution in [0, 0.1) is 6.92 Å². The number of hydrogen-bond donors (Lipinski definition) is 1. The third kappa shape index (κ3) is 3.30. The Hall–Kier alpha value is -0.390. The van der Waals surface area contributed by atoms with Crippen molar-refractivity contribution in [3.8, 4) is 5.75 Å². The molecule has 0 saturated carbocycles. The number of phenolic OH excluding ortho intramolecular Hbond substituents is 1. The summed E-state index contributed by atoms with van der Waals surface area (Å²) in [5, 5.41) is 10.00. The summed E-state index contributed by atoms with van der Waals surface area (Å²) in [5.74, 6) is 1.86. The Morgan fingerprint density at radius 2 is 2.06 bits per heavy atom. The summed E-state index contributed by atoms with van der Waals surface area (Å²) < 4.78 is 12.3. The highest BCUT2D eigenvalue weighted by atomic mass is 79.9. The van der Waals surface area contributed by atoms with E-state index >= 15 is 0 Å². The zero-order valence-electron chi connectivity index (χ0n) is 9.78. The van der Waals surface area contributed by atoms with Crippen LogP contribution in [0.15, 0.2) is 16.6 Å². The molecule has 1 saturated heterocycles. The molecular formula is C12H16BrNO2S. The van der Waals surface area contributed by atoms with Gasteiger partial charge in [-0.15, -0.1) is 0 Å². The lowest BCUT2D eigenvalue weighted by atomic mass is 10.1. The monoisotopic (exact) mass is 317 g/mol. The first-order valence-corrected chi connectivity index (χ1v) is 7.89. The maximum absolute atomic E-state index is 11.3. The predicted molar refractivity (Wildman–Crippen MR) is 73.7 cm³/mol. The van der Waals surface area contributed by atoms with Gasteiger partial charge in [-0.3, -0.25) is 9.11 Å². The molecule has 1 aliphatic rings. The Labute approximate surface area is 112 Å². The molecule has 0 radical (unpaired) electrons. The number of halogens is 1. The van der Waals surface area contributed by atoms with E-state index in [1.165, 1.54) is 0 Å². The summed E-state index contributed by atoms with van der Waals surface area (Å²) in [7, 11) is -0.646. The topological polar surface area (TPSA) is 40.5 Å². The number of nitrogens with zero attached hydrogens (tertiary/aromatic N) is 1. The average molecular weight is 318 g/mol. The van der Waals surface area contributed by atoms with Crippen molar-refractivity contribution in [1.29, 1.82) is 0 Å². The molecule has 17 heavy (non-hydrogen) atoms. The van der Waals surface area contributed by atoms with Crippen molar-refractivity contribution in [2.24, 2.45) is 0 Å². The van der Waals surface area contributed by atoms with Crippen LogP contribution in [0.3, 0.4) is 0 Å². The van der Waals surface area contributed by atoms with Crippen LogP contribution < -0.4 is 0 Å². The highest BCUT2D eigenvalue weighted by Gasteiger charge is 2.17. The van der Waals surface area contributed by atoms with E-state index in [1.807, 2.05) is 19.1 Å². The molecule has 0 aliphatic carbocycles. The molecule has 2 rings (SSSR count). The molecule has 1 aromatic rings. The lowest BCUT2D eigenvalue weighted by Crippen LogP contribution is -2.37. The smallest absolute Gasteiger partial charge is 0.123 e. The van der Waals surface area contributed by atoms with Gasteiger partial charge in [-0.2, -0.15) is 0 Å². The van der Waals surface area contributed by atoms with Gasteiger partial charge in [0.25, 0.3) is 0 Å². The Bertz CT molecular complexity index is 440. The number of benzene rings is 1. The Morgan fingerprint density at radius 1 is 1.41 bits per heavy atom. The third-order valence-electron chi connectivity index (χ3n) is 3.01. The summed E-state index contributed by atoms with van der Waals surface area (Å²) in [5.41, 5.74) is 1.82. The van der Waals surface area contributed by atoms with Crippen LogP contribution in [-0.2, 0) is 17.3 Å². The van der Waals surface area contributed by atoms with Crippen molar-refractivity contribution < 1.29 is 9.32 Å². The average Bonchev–Trinajstić information content (AvgIpc) is 2.28. The second-order valence-electron chi connectivity index (χ2n) is 4.35. The van der Waals surface area contributed by atoms with Gasteiger partial charge in [-0.1, -0.05) is 15.9 Å². The summed E-state index contributed by atoms with van der Waals surface area (Å²) in [6.07, 6.45) is 0. The fraction of sp³-hybridized carbons (Fsp3) is 0.500. The zero-order valence-corrected chi connectivity index (χ0v) is 12.2. The number of phenols is 1. The molecule has 1 heterocycles. The van der Waals surface area contributed by atoms with E-state index in [4.69, 9.17) is 0 Å². The third-order valence-corrected chi connectivity index (χ3v) is 4.74. The molecule has 3 nitrogen and oxygen atoms in total. The first-order chi connectivity index (χ1) is 8.06. The molecule has 0 atom stereocenters. The quantitative estimate of drug-likeness (QED) is 0.907. The molecular weight excluding hydrogens is 302 g/mol. The van der Waals surface area contributed by atoms with Crippen LogP contribution in [-0.4, -0.2) is 38.8 Å². The van der Waals surface area contributed by atoms with Crippen LogP contribution in [0.5, 0.6) is 5.75 Å². The van der Waals surface area contributed by atoms with Gasteiger partial charge in [0, 0.05) is 52.0 Å². The van der Waals surface area contributed by atoms with E-state index in [-0.39, 0.29) is 0 Å². The van der Waals surface area contributed by atoms with E-state index in [1.54, 1.807) is 0 Å². The molecule has 1 N–H and O–H groups in total. The van der Waals surface area contributed by atoms with E-state index in [0.29, 0.717) is 5.75 Å². The van der Waals surface area contributed by atoms with Crippen LogP contribution in [0.1, 0.15) is 11.1 Å². The SMILES string of the molecule is Cc1cc(Br)cc(CN2CCS(=O)CC2)c1O. The molecule has 0 unspecified atom stereocenters. The largest absolute Gasteiger partial charge is 0.507 e. The molecule has 0 amide bonds. The Kier molecular flexibility index (Phi) is 4.22. The number of rotatable bonds is 2. The zero-order chi connectivity index (χ0) is 12.4. The fourth-order valence-corrected chi connectivity index (χ4v) is 3.75. The van der Waals surface area contributed by atoms with Crippen molar-refractivity contribution in [3.05, 3.63) is 27.7 Å². The number of aromatic hydroxyl groups is 1. The van der Waals surface area contributed by atoms with Gasteiger partial charge in [-0.05, 0) is 24.6 Å². The highest BCUT2D eigenvalue weighted by molar-refractivity contribution is 9.10. The van der Waals surface area contributed by atoms with E-state index in [0.717, 1.165) is 46.7 Å². The van der Waals surface area contributed by atoms with E-state index in [2.05, 4.69) is 20.8 Å². The first-order valence-electron chi connectivity index (χ1n) is 5.61. The predicted octanol–water partition coefficient (Wildman–Crippen LogP) is 2.03. The van der Waals surface area contributed by atoms with Crippen molar-refractivity contribution in [3.63, 3.8) is 0 Å². The van der Waals surface area contributed by atoms with E-state index in [9.17, 15) is 9.32 Å². The van der Waals surface area contributed by atoms with Crippen molar-refractivity contribution in [2.75, 3.05) is 24.6 Å². The van der Waals surface area contributed by atoms with Gasteiger partial charge in [0.1, 0.15) is 5.75 Å². The molecule has 94 valence electrons. The van der Waals surface area contributed by atoms with Crippen LogP contribution in [0.2, 0.25) is 0 Å². The minimum Gasteiger partial charge on any atom is -0.507 e. The first kappa shape index (κ1) is 13.1. The lowest BCUT2D eigenvalue weighted by Gasteiger charge is -2.26. The molecule has 0 aromatic heterocycles. The van der Waals surface area contributed by atoms with Gasteiger partial charge in [0.15, 0.2) is 0 Å². The molecule has 5 heteroatoms. The van der Waals surface area contributed by atoms with Crippen LogP contribution in [0.25, 0.3) is 0 Å². The highest BCUT2D eigenvalue weighted by Crippen LogP contribution is 2.27. The number of hydrogen-bond acceptors (Lipinski definition) is 3. The molecule has 0 bridgehead atoms. The Morgan fingerprint density at radius 3 is 2.71 bits per heavy atom. The number of aryl methyl sites for hydroxylation is 1. The molecule has 1 aliphatic heterocycles. The van der Waals surface area contributed by atoms with Crippen molar-refractivity contribution in [1.82, 2.24) is 4.90 Å². The van der Waals surface area contributed by atoms with Gasteiger partial charge >= 0.3 is 0 Å². The standard InChI is InChI=1S/C12H16BrNO2S/c1-9-6-11(13)7-10(12(9)15)8-14-2-4-17(16)5-3-14/h6-7,15H,2-5,8H2,1H3. The molecule has 1 fully saturated rings. The van der Waals surface area contributed by atoms with Crippen molar-refractivity contribution >= 4 is 26.7 Å². The normalized spacial score (nSPS) is 18.5. The minimum absolute atomic E-state index is 0.375. The minimum atomic E-state index is -0.646. The van der Waals surface area contributed by atoms with Gasteiger partial charge < -0.3 is 5.11 Å². The summed E-state index contributed by atoms with van der Waals surface area (Å²) in [6.45, 7) is 4.31.